The lowest BCUT2D eigenvalue weighted by molar-refractivity contribution is 0.0724. The highest BCUT2D eigenvalue weighted by Gasteiger charge is 2.27. The van der Waals surface area contributed by atoms with Crippen molar-refractivity contribution in [1.29, 1.82) is 0 Å². The molecule has 4 rings (SSSR count). The zero-order chi connectivity index (χ0) is 21.8. The Morgan fingerprint density at radius 1 is 1.10 bits per heavy atom. The normalized spacial score (nSPS) is 23.2. The molecule has 31 heavy (non-hydrogen) atoms. The lowest BCUT2D eigenvalue weighted by Gasteiger charge is -2.30. The van der Waals surface area contributed by atoms with Crippen LogP contribution >= 0.6 is 22.7 Å². The monoisotopic (exact) mass is 485 g/mol. The molecule has 1 saturated carbocycles. The van der Waals surface area contributed by atoms with Crippen LogP contribution in [0, 0.1) is 25.7 Å². The molecule has 11 heteroatoms. The van der Waals surface area contributed by atoms with Gasteiger partial charge in [0.1, 0.15) is 11.4 Å². The van der Waals surface area contributed by atoms with E-state index in [2.05, 4.69) is 27.3 Å². The third-order valence-corrected chi connectivity index (χ3v) is 9.29. The number of aromatic nitrogens is 2. The molecular formula is C20H31N5O3S3. The van der Waals surface area contributed by atoms with Gasteiger partial charge in [-0.05, 0) is 51.4 Å². The molecule has 8 nitrogen and oxygen atoms in total. The molecule has 0 atom stereocenters. The molecule has 0 unspecified atom stereocenters. The van der Waals surface area contributed by atoms with Gasteiger partial charge in [0.15, 0.2) is 5.13 Å². The SMILES string of the molecule is Cc1nc(-c2csc(NCC3CCC(CNS(=O)(=O)N4CCOCC4)CC3)n2)c(C)s1. The van der Waals surface area contributed by atoms with Gasteiger partial charge in [0.2, 0.25) is 0 Å². The Morgan fingerprint density at radius 3 is 2.42 bits per heavy atom. The van der Waals surface area contributed by atoms with Gasteiger partial charge < -0.3 is 10.1 Å². The summed E-state index contributed by atoms with van der Waals surface area (Å²) < 4.78 is 34.4. The van der Waals surface area contributed by atoms with E-state index in [1.807, 2.05) is 6.92 Å². The summed E-state index contributed by atoms with van der Waals surface area (Å²) in [6.45, 7) is 7.38. The Hall–Kier alpha value is -1.11. The van der Waals surface area contributed by atoms with E-state index in [1.165, 1.54) is 9.18 Å². The van der Waals surface area contributed by atoms with E-state index in [0.29, 0.717) is 44.7 Å². The van der Waals surface area contributed by atoms with Crippen molar-refractivity contribution in [2.24, 2.45) is 11.8 Å². The van der Waals surface area contributed by atoms with Crippen LogP contribution in [-0.4, -0.2) is 62.1 Å². The molecule has 2 aromatic rings. The molecule has 2 aromatic heterocycles. The molecule has 172 valence electrons. The highest BCUT2D eigenvalue weighted by molar-refractivity contribution is 7.87. The van der Waals surface area contributed by atoms with Crippen molar-refractivity contribution in [1.82, 2.24) is 19.0 Å². The highest BCUT2D eigenvalue weighted by Crippen LogP contribution is 2.32. The summed E-state index contributed by atoms with van der Waals surface area (Å²) in [4.78, 5) is 10.5. The van der Waals surface area contributed by atoms with Crippen molar-refractivity contribution < 1.29 is 13.2 Å². The van der Waals surface area contributed by atoms with Gasteiger partial charge >= 0.3 is 0 Å². The summed E-state index contributed by atoms with van der Waals surface area (Å²) in [5.41, 5.74) is 1.94. The first kappa shape index (κ1) is 23.1. The van der Waals surface area contributed by atoms with Crippen LogP contribution < -0.4 is 10.0 Å². The fourth-order valence-corrected chi connectivity index (χ4v) is 6.99. The number of morpholine rings is 1. The summed E-state index contributed by atoms with van der Waals surface area (Å²) in [6.07, 6.45) is 4.33. The molecule has 1 aliphatic carbocycles. The van der Waals surface area contributed by atoms with E-state index in [0.717, 1.165) is 53.8 Å². The van der Waals surface area contributed by atoms with Gasteiger partial charge in [-0.15, -0.1) is 22.7 Å². The van der Waals surface area contributed by atoms with Crippen molar-refractivity contribution >= 4 is 38.0 Å². The van der Waals surface area contributed by atoms with Crippen molar-refractivity contribution in [3.63, 3.8) is 0 Å². The van der Waals surface area contributed by atoms with Crippen molar-refractivity contribution in [2.75, 3.05) is 44.7 Å². The number of nitrogens with one attached hydrogen (secondary N) is 2. The van der Waals surface area contributed by atoms with Crippen LogP contribution in [-0.2, 0) is 14.9 Å². The minimum Gasteiger partial charge on any atom is -0.379 e. The Balaban J connectivity index is 1.19. The molecule has 0 spiro atoms. The zero-order valence-corrected chi connectivity index (χ0v) is 20.5. The predicted octanol–water partition coefficient (Wildman–Crippen LogP) is 3.27. The first-order valence-corrected chi connectivity index (χ1v) is 14.0. The number of anilines is 1. The van der Waals surface area contributed by atoms with E-state index in [4.69, 9.17) is 9.72 Å². The number of rotatable bonds is 8. The van der Waals surface area contributed by atoms with Gasteiger partial charge in [-0.3, -0.25) is 0 Å². The molecule has 2 N–H and O–H groups in total. The van der Waals surface area contributed by atoms with Crippen LogP contribution in [0.5, 0.6) is 0 Å². The van der Waals surface area contributed by atoms with Gasteiger partial charge in [-0.1, -0.05) is 0 Å². The number of nitrogens with zero attached hydrogens (tertiary/aromatic N) is 3. The summed E-state index contributed by atoms with van der Waals surface area (Å²) in [5.74, 6) is 1.01. The Morgan fingerprint density at radius 2 is 1.77 bits per heavy atom. The van der Waals surface area contributed by atoms with E-state index in [1.54, 1.807) is 22.7 Å². The fourth-order valence-electron chi connectivity index (χ4n) is 4.20. The largest absolute Gasteiger partial charge is 0.379 e. The maximum Gasteiger partial charge on any atom is 0.279 e. The second kappa shape index (κ2) is 10.2. The fraction of sp³-hybridized carbons (Fsp3) is 0.700. The predicted molar refractivity (Wildman–Crippen MR) is 126 cm³/mol. The average molecular weight is 486 g/mol. The quantitative estimate of drug-likeness (QED) is 0.596. The first-order chi connectivity index (χ1) is 14.9. The number of thiazole rings is 2. The topological polar surface area (TPSA) is 96.5 Å². The van der Waals surface area contributed by atoms with Crippen LogP contribution in [0.25, 0.3) is 11.4 Å². The third kappa shape index (κ3) is 6.02. The van der Waals surface area contributed by atoms with Gasteiger partial charge in [0.05, 0.1) is 18.2 Å². The molecule has 2 aliphatic rings. The highest BCUT2D eigenvalue weighted by atomic mass is 32.2. The maximum absolute atomic E-state index is 12.4. The Labute approximate surface area is 192 Å². The van der Waals surface area contributed by atoms with E-state index >= 15 is 0 Å². The number of hydrogen-bond acceptors (Lipinski definition) is 8. The lowest BCUT2D eigenvalue weighted by atomic mass is 9.82. The van der Waals surface area contributed by atoms with Crippen molar-refractivity contribution in [3.8, 4) is 11.4 Å². The molecule has 0 bridgehead atoms. The van der Waals surface area contributed by atoms with Gasteiger partial charge in [-0.2, -0.15) is 12.7 Å². The molecule has 0 aromatic carbocycles. The molecule has 3 heterocycles. The van der Waals surface area contributed by atoms with Crippen LogP contribution in [0.2, 0.25) is 0 Å². The van der Waals surface area contributed by atoms with E-state index < -0.39 is 10.2 Å². The number of ether oxygens (including phenoxy) is 1. The summed E-state index contributed by atoms with van der Waals surface area (Å²) in [6, 6.07) is 0. The summed E-state index contributed by atoms with van der Waals surface area (Å²) in [7, 11) is -3.39. The lowest BCUT2D eigenvalue weighted by Crippen LogP contribution is -2.47. The second-order valence-electron chi connectivity index (χ2n) is 8.31. The van der Waals surface area contributed by atoms with Gasteiger partial charge in [0.25, 0.3) is 10.2 Å². The standard InChI is InChI=1S/C20H31N5O3S3/c1-14-19(23-15(2)30-14)18-13-29-20(24-18)21-11-16-3-5-17(6-4-16)12-22-31(26,27)25-7-9-28-10-8-25/h13,16-17,22H,3-12H2,1-2H3,(H,21,24). The second-order valence-corrected chi connectivity index (χ2v) is 12.3. The van der Waals surface area contributed by atoms with Crippen LogP contribution in [0.15, 0.2) is 5.38 Å². The zero-order valence-electron chi connectivity index (χ0n) is 18.1. The van der Waals surface area contributed by atoms with Crippen LogP contribution in [0.3, 0.4) is 0 Å². The van der Waals surface area contributed by atoms with Crippen molar-refractivity contribution in [2.45, 2.75) is 39.5 Å². The minimum atomic E-state index is -3.39. The summed E-state index contributed by atoms with van der Waals surface area (Å²) in [5, 5.41) is 7.58. The van der Waals surface area contributed by atoms with Crippen LogP contribution in [0.1, 0.15) is 35.6 Å². The van der Waals surface area contributed by atoms with Crippen molar-refractivity contribution in [3.05, 3.63) is 15.3 Å². The molecule has 1 aliphatic heterocycles. The molecule has 0 amide bonds. The van der Waals surface area contributed by atoms with Gasteiger partial charge in [-0.25, -0.2) is 14.7 Å². The Kier molecular flexibility index (Phi) is 7.60. The average Bonchev–Trinajstić information content (AvgIpc) is 3.37. The number of hydrogen-bond donors (Lipinski definition) is 2. The maximum atomic E-state index is 12.4. The van der Waals surface area contributed by atoms with Crippen LogP contribution in [0.4, 0.5) is 5.13 Å². The van der Waals surface area contributed by atoms with E-state index in [9.17, 15) is 8.42 Å². The third-order valence-electron chi connectivity index (χ3n) is 6.02. The molecule has 0 radical (unpaired) electrons. The Bertz CT molecular complexity index is 961. The summed E-state index contributed by atoms with van der Waals surface area (Å²) >= 11 is 3.33. The number of aryl methyl sites for hydroxylation is 2. The molecular weight excluding hydrogens is 454 g/mol. The minimum absolute atomic E-state index is 0.411. The molecule has 2 fully saturated rings. The van der Waals surface area contributed by atoms with E-state index in [-0.39, 0.29) is 0 Å². The van der Waals surface area contributed by atoms with Gasteiger partial charge in [0, 0.05) is 36.4 Å². The molecule has 1 saturated heterocycles. The first-order valence-electron chi connectivity index (χ1n) is 10.9. The smallest absolute Gasteiger partial charge is 0.279 e.